The summed E-state index contributed by atoms with van der Waals surface area (Å²) in [5.74, 6) is 0. The Morgan fingerprint density at radius 2 is 1.24 bits per heavy atom. The van der Waals surface area contributed by atoms with Gasteiger partial charge in [-0.2, -0.15) is 0 Å². The summed E-state index contributed by atoms with van der Waals surface area (Å²) in [7, 11) is 0. The van der Waals surface area contributed by atoms with Crippen molar-refractivity contribution in [2.45, 2.75) is 36.0 Å². The molecule has 0 unspecified atom stereocenters. The highest BCUT2D eigenvalue weighted by Gasteiger charge is 2.43. The lowest BCUT2D eigenvalue weighted by Crippen LogP contribution is -2.60. The number of halogens is 2. The quantitative estimate of drug-likeness (QED) is 0.163. The van der Waals surface area contributed by atoms with E-state index in [9.17, 15) is 0 Å². The van der Waals surface area contributed by atoms with Gasteiger partial charge in [0, 0.05) is 47.2 Å². The number of hydrogen-bond donors (Lipinski definition) is 0. The Balaban J connectivity index is 1.27. The second kappa shape index (κ2) is 13.7. The number of benzene rings is 8. The summed E-state index contributed by atoms with van der Waals surface area (Å²) in [5, 5.41) is 3.88. The Labute approximate surface area is 358 Å². The standard InChI is InChI=1S/C52H36BCl2NS2/c1-52(2,3)36-21-18-32(19-22-36)35-27-45-48-47(28-35)58-51-42(29-37(54)30-43(51)55)53(48)41-26-34(31-12-6-4-7-13-31)20-25-44(41)56(45)49-38(33-14-8-5-9-15-33)23-24-40-39-16-10-11-17-46(39)57-50(40)49/h4-30H,1-3H3. The van der Waals surface area contributed by atoms with E-state index in [1.165, 1.54) is 86.3 Å². The molecule has 0 saturated carbocycles. The molecule has 0 radical (unpaired) electrons. The van der Waals surface area contributed by atoms with Gasteiger partial charge in [-0.15, -0.1) is 11.3 Å². The molecule has 0 N–H and O–H groups in total. The fourth-order valence-corrected chi connectivity index (χ4v) is 12.1. The molecular weight excluding hydrogens is 784 g/mol. The smallest absolute Gasteiger partial charge is 0.249 e. The van der Waals surface area contributed by atoms with E-state index in [1.807, 2.05) is 17.4 Å². The molecule has 1 aromatic heterocycles. The molecule has 0 saturated heterocycles. The molecule has 11 rings (SSSR count). The zero-order valence-corrected chi connectivity index (χ0v) is 35.3. The summed E-state index contributed by atoms with van der Waals surface area (Å²) in [5.41, 5.74) is 15.6. The molecule has 8 aromatic carbocycles. The Kier molecular flexibility index (Phi) is 8.47. The number of thiophene rings is 1. The molecule has 58 heavy (non-hydrogen) atoms. The van der Waals surface area contributed by atoms with Crippen molar-refractivity contribution < 1.29 is 0 Å². The lowest BCUT2D eigenvalue weighted by atomic mass is 9.34. The predicted molar refractivity (Wildman–Crippen MR) is 254 cm³/mol. The molecule has 0 amide bonds. The molecule has 0 spiro atoms. The van der Waals surface area contributed by atoms with Crippen molar-refractivity contribution in [3.05, 3.63) is 179 Å². The van der Waals surface area contributed by atoms with Crippen LogP contribution < -0.4 is 21.3 Å². The van der Waals surface area contributed by atoms with E-state index in [0.29, 0.717) is 10.0 Å². The molecule has 0 fully saturated rings. The molecule has 1 nitrogen and oxygen atoms in total. The zero-order chi connectivity index (χ0) is 39.3. The van der Waals surface area contributed by atoms with Crippen LogP contribution in [-0.2, 0) is 5.41 Å². The maximum absolute atomic E-state index is 7.17. The minimum Gasteiger partial charge on any atom is -0.309 e. The Hall–Kier alpha value is -5.23. The second-order valence-corrected chi connectivity index (χ2v) is 19.3. The molecule has 0 atom stereocenters. The third-order valence-corrected chi connectivity index (χ3v) is 14.8. The molecule has 9 aromatic rings. The third-order valence-electron chi connectivity index (χ3n) is 11.8. The maximum Gasteiger partial charge on any atom is 0.249 e. The van der Waals surface area contributed by atoms with Crippen LogP contribution in [0.3, 0.4) is 0 Å². The number of nitrogens with zero attached hydrogens (tertiary/aromatic N) is 1. The van der Waals surface area contributed by atoms with Crippen LogP contribution in [0.15, 0.2) is 174 Å². The van der Waals surface area contributed by atoms with Gasteiger partial charge in [0.05, 0.1) is 15.4 Å². The van der Waals surface area contributed by atoms with Crippen LogP contribution in [0, 0.1) is 0 Å². The third kappa shape index (κ3) is 5.76. The van der Waals surface area contributed by atoms with E-state index >= 15 is 0 Å². The first-order valence-electron chi connectivity index (χ1n) is 19.7. The molecule has 278 valence electrons. The monoisotopic (exact) mass is 819 g/mol. The Morgan fingerprint density at radius 1 is 0.552 bits per heavy atom. The van der Waals surface area contributed by atoms with E-state index < -0.39 is 0 Å². The van der Waals surface area contributed by atoms with Gasteiger partial charge in [0.2, 0.25) is 6.71 Å². The van der Waals surface area contributed by atoms with Crippen molar-refractivity contribution in [3.8, 4) is 33.4 Å². The predicted octanol–water partition coefficient (Wildman–Crippen LogP) is 14.4. The van der Waals surface area contributed by atoms with Crippen LogP contribution in [0.4, 0.5) is 17.1 Å². The van der Waals surface area contributed by atoms with Crippen LogP contribution >= 0.6 is 46.3 Å². The molecular formula is C52H36BCl2NS2. The van der Waals surface area contributed by atoms with E-state index in [0.717, 1.165) is 16.0 Å². The van der Waals surface area contributed by atoms with Crippen molar-refractivity contribution >= 4 is 107 Å². The van der Waals surface area contributed by atoms with E-state index in [4.69, 9.17) is 23.2 Å². The molecule has 2 aliphatic heterocycles. The summed E-state index contributed by atoms with van der Waals surface area (Å²) in [6.07, 6.45) is 0. The van der Waals surface area contributed by atoms with Gasteiger partial charge in [0.25, 0.3) is 0 Å². The first-order valence-corrected chi connectivity index (χ1v) is 22.0. The largest absolute Gasteiger partial charge is 0.309 e. The summed E-state index contributed by atoms with van der Waals surface area (Å²) in [6, 6.07) is 60.1. The van der Waals surface area contributed by atoms with E-state index in [-0.39, 0.29) is 12.1 Å². The van der Waals surface area contributed by atoms with Crippen LogP contribution in [0.1, 0.15) is 26.3 Å². The summed E-state index contributed by atoms with van der Waals surface area (Å²) in [6.45, 7) is 6.72. The van der Waals surface area contributed by atoms with Crippen LogP contribution in [-0.4, -0.2) is 6.71 Å². The number of rotatable bonds is 4. The van der Waals surface area contributed by atoms with Crippen LogP contribution in [0.2, 0.25) is 10.0 Å². The SMILES string of the molecule is CC(C)(C)c1ccc(-c2cc3c4c(c2)N(c2c(-c5ccccc5)ccc5c2sc2ccccc25)c2ccc(-c5ccccc5)cc2B4c2cc(Cl)cc(Cl)c2S3)cc1. The van der Waals surface area contributed by atoms with Gasteiger partial charge in [-0.1, -0.05) is 189 Å². The van der Waals surface area contributed by atoms with E-state index in [1.54, 1.807) is 11.8 Å². The first-order chi connectivity index (χ1) is 28.2. The Morgan fingerprint density at radius 3 is 2.00 bits per heavy atom. The molecule has 0 aliphatic carbocycles. The lowest BCUT2D eigenvalue weighted by molar-refractivity contribution is 0.590. The van der Waals surface area contributed by atoms with Gasteiger partial charge in [-0.05, 0) is 86.1 Å². The van der Waals surface area contributed by atoms with Crippen LogP contribution in [0.5, 0.6) is 0 Å². The number of fused-ring (bicyclic) bond motifs is 7. The minimum absolute atomic E-state index is 0.0566. The van der Waals surface area contributed by atoms with Crippen molar-refractivity contribution in [3.63, 3.8) is 0 Å². The van der Waals surface area contributed by atoms with Gasteiger partial charge < -0.3 is 4.90 Å². The molecule has 2 aliphatic rings. The normalized spacial score (nSPS) is 13.1. The van der Waals surface area contributed by atoms with Crippen molar-refractivity contribution in [1.82, 2.24) is 0 Å². The molecule has 6 heteroatoms. The first kappa shape index (κ1) is 35.9. The average molecular weight is 821 g/mol. The maximum atomic E-state index is 7.17. The highest BCUT2D eigenvalue weighted by molar-refractivity contribution is 8.00. The fraction of sp³-hybridized carbons (Fsp3) is 0.0769. The minimum atomic E-state index is -0.0912. The highest BCUT2D eigenvalue weighted by atomic mass is 35.5. The van der Waals surface area contributed by atoms with Crippen molar-refractivity contribution in [2.24, 2.45) is 0 Å². The highest BCUT2D eigenvalue weighted by Crippen LogP contribution is 2.52. The number of hydrogen-bond acceptors (Lipinski definition) is 3. The molecule has 3 heterocycles. The average Bonchev–Trinajstić information content (AvgIpc) is 3.63. The fourth-order valence-electron chi connectivity index (χ4n) is 9.01. The zero-order valence-electron chi connectivity index (χ0n) is 32.2. The molecule has 0 bridgehead atoms. The van der Waals surface area contributed by atoms with E-state index in [2.05, 4.69) is 183 Å². The topological polar surface area (TPSA) is 3.24 Å². The van der Waals surface area contributed by atoms with Gasteiger partial charge in [0.15, 0.2) is 0 Å². The summed E-state index contributed by atoms with van der Waals surface area (Å²) in [4.78, 5) is 4.86. The summed E-state index contributed by atoms with van der Waals surface area (Å²) < 4.78 is 2.55. The number of anilines is 3. The summed E-state index contributed by atoms with van der Waals surface area (Å²) >= 11 is 17.7. The van der Waals surface area contributed by atoms with Gasteiger partial charge in [0.1, 0.15) is 0 Å². The lowest BCUT2D eigenvalue weighted by Gasteiger charge is -2.41. The van der Waals surface area contributed by atoms with Crippen molar-refractivity contribution in [2.75, 3.05) is 4.90 Å². The van der Waals surface area contributed by atoms with Gasteiger partial charge in [-0.3, -0.25) is 0 Å². The van der Waals surface area contributed by atoms with Gasteiger partial charge in [-0.25, -0.2) is 0 Å². The van der Waals surface area contributed by atoms with Crippen LogP contribution in [0.25, 0.3) is 53.6 Å². The second-order valence-electron chi connectivity index (χ2n) is 16.4. The van der Waals surface area contributed by atoms with Crippen molar-refractivity contribution in [1.29, 1.82) is 0 Å². The Bertz CT molecular complexity index is 3100. The van der Waals surface area contributed by atoms with Gasteiger partial charge >= 0.3 is 0 Å².